The van der Waals surface area contributed by atoms with E-state index in [0.717, 1.165) is 0 Å². The molecule has 0 aliphatic rings. The van der Waals surface area contributed by atoms with Gasteiger partial charge in [-0.3, -0.25) is 0 Å². The number of hydrogen-bond donors (Lipinski definition) is 6. The third-order valence-corrected chi connectivity index (χ3v) is 9.21. The maximum atomic E-state index is 10.1. The third-order valence-electron chi connectivity index (χ3n) is 5.14. The highest BCUT2D eigenvalue weighted by Crippen LogP contribution is 2.47. The minimum Gasteiger partial charge on any atom is -0.378 e. The van der Waals surface area contributed by atoms with E-state index in [9.17, 15) is 19.6 Å². The van der Waals surface area contributed by atoms with Crippen LogP contribution < -0.4 is 21.2 Å². The molecule has 0 atom stereocenters. The monoisotopic (exact) mass is 580 g/mol. The molecule has 4 aromatic rings. The van der Waals surface area contributed by atoms with E-state index in [0.29, 0.717) is 21.2 Å². The Balaban J connectivity index is 0.000000216. The van der Waals surface area contributed by atoms with Crippen LogP contribution in [0.2, 0.25) is 0 Å². The Bertz CT molecular complexity index is 1150. The number of hydrogen-bond acceptors (Lipinski definition) is 6. The van der Waals surface area contributed by atoms with Gasteiger partial charge in [0.05, 0.1) is 0 Å². The maximum Gasteiger partial charge on any atom is 0.333 e. The van der Waals surface area contributed by atoms with Gasteiger partial charge in [0, 0.05) is 0 Å². The van der Waals surface area contributed by atoms with Crippen LogP contribution in [0.15, 0.2) is 121 Å². The van der Waals surface area contributed by atoms with Crippen LogP contribution in [-0.2, 0) is 0 Å². The molecule has 4 rings (SSSR count). The molecule has 6 nitrogen and oxygen atoms in total. The number of benzene rings is 4. The summed E-state index contributed by atoms with van der Waals surface area (Å²) in [6, 6.07) is 35.8. The average Bonchev–Trinajstić information content (AvgIpc) is 2.94. The van der Waals surface area contributed by atoms with E-state index in [4.69, 9.17) is 10.2 Å². The van der Waals surface area contributed by atoms with Gasteiger partial charge >= 0.3 is 15.4 Å². The molecule has 0 fully saturated rings. The van der Waals surface area contributed by atoms with E-state index in [1.807, 2.05) is 24.3 Å². The highest BCUT2D eigenvalue weighted by molar-refractivity contribution is 7.79. The van der Waals surface area contributed by atoms with E-state index >= 15 is 0 Å². The van der Waals surface area contributed by atoms with Crippen molar-refractivity contribution in [1.29, 1.82) is 0 Å². The summed E-state index contributed by atoms with van der Waals surface area (Å²) in [6.45, 7) is 6.30. The molecule has 0 amide bonds. The average molecular weight is 581 g/mol. The van der Waals surface area contributed by atoms with Crippen LogP contribution in [0.25, 0.3) is 0 Å². The summed E-state index contributed by atoms with van der Waals surface area (Å²) >= 11 is 0. The fraction of sp³-hybridized carbons (Fsp3) is 0.188. The Morgan fingerprint density at radius 1 is 0.400 bits per heavy atom. The van der Waals surface area contributed by atoms with Crippen molar-refractivity contribution in [3.63, 3.8) is 0 Å². The normalized spacial score (nSPS) is 11.6. The zero-order valence-electron chi connectivity index (χ0n) is 23.1. The smallest absolute Gasteiger partial charge is 0.333 e. The van der Waals surface area contributed by atoms with Crippen molar-refractivity contribution in [3.8, 4) is 11.8 Å². The first kappa shape index (κ1) is 33.3. The highest BCUT2D eigenvalue weighted by Gasteiger charge is 2.39. The van der Waals surface area contributed by atoms with Gasteiger partial charge < -0.3 is 10.2 Å². The first-order chi connectivity index (χ1) is 18.6. The summed E-state index contributed by atoms with van der Waals surface area (Å²) in [5.74, 6) is 5.03. The fourth-order valence-corrected chi connectivity index (χ4v) is 6.10. The van der Waals surface area contributed by atoms with Crippen molar-refractivity contribution in [1.82, 2.24) is 0 Å². The third kappa shape index (κ3) is 11.3. The predicted octanol–water partition coefficient (Wildman–Crippen LogP) is 3.47. The minimum absolute atomic E-state index is 0.580. The van der Waals surface area contributed by atoms with E-state index in [-0.39, 0.29) is 0 Å². The zero-order valence-corrected chi connectivity index (χ0v) is 24.9. The summed E-state index contributed by atoms with van der Waals surface area (Å²) < 4.78 is 0. The van der Waals surface area contributed by atoms with Gasteiger partial charge in [0.15, 0.2) is 21.2 Å². The van der Waals surface area contributed by atoms with Crippen molar-refractivity contribution in [3.05, 3.63) is 121 Å². The molecule has 0 aromatic heterocycles. The van der Waals surface area contributed by atoms with Crippen LogP contribution in [0.1, 0.15) is 27.7 Å². The van der Waals surface area contributed by atoms with Crippen LogP contribution in [0.4, 0.5) is 0 Å². The van der Waals surface area contributed by atoms with E-state index in [1.165, 1.54) is 0 Å². The SMILES string of the molecule is CC(C)(O)C#CC(C)(C)O.O[P+](O)(c1ccccc1)c1ccccc1.O[P+](O)(c1ccccc1)c1ccccc1. The van der Waals surface area contributed by atoms with Crippen molar-refractivity contribution in [2.45, 2.75) is 38.9 Å². The molecule has 0 saturated carbocycles. The van der Waals surface area contributed by atoms with Gasteiger partial charge in [0.2, 0.25) is 0 Å². The molecule has 8 heteroatoms. The molecule has 0 radical (unpaired) electrons. The molecule has 210 valence electrons. The molecule has 6 N–H and O–H groups in total. The Labute approximate surface area is 238 Å². The largest absolute Gasteiger partial charge is 0.378 e. The van der Waals surface area contributed by atoms with Gasteiger partial charge in [-0.25, -0.2) is 19.6 Å². The Morgan fingerprint density at radius 2 is 0.575 bits per heavy atom. The van der Waals surface area contributed by atoms with Crippen LogP contribution in [0.5, 0.6) is 0 Å². The van der Waals surface area contributed by atoms with Crippen LogP contribution in [-0.4, -0.2) is 41.0 Å². The molecule has 0 unspecified atom stereocenters. The van der Waals surface area contributed by atoms with Gasteiger partial charge in [0.1, 0.15) is 11.2 Å². The molecule has 40 heavy (non-hydrogen) atoms. The second kappa shape index (κ2) is 14.6. The number of aliphatic hydroxyl groups is 2. The maximum absolute atomic E-state index is 10.1. The standard InChI is InChI=1S/2C12H12O2P.C8H14O2/c2*13-15(14,11-7-3-1-4-8-11)12-9-5-2-6-10-12;1-7(2,9)5-6-8(3,4)10/h2*1-10,13-14H;9-10H,1-4H3/q2*+1;. The Morgan fingerprint density at radius 3 is 0.725 bits per heavy atom. The van der Waals surface area contributed by atoms with Gasteiger partial charge in [0.25, 0.3) is 0 Å². The van der Waals surface area contributed by atoms with Crippen LogP contribution in [0.3, 0.4) is 0 Å². The first-order valence-corrected chi connectivity index (χ1v) is 15.9. The molecule has 0 bridgehead atoms. The quantitative estimate of drug-likeness (QED) is 0.163. The molecule has 0 aliphatic heterocycles. The molecular formula is C32H38O6P2+2. The lowest BCUT2D eigenvalue weighted by Crippen LogP contribution is -2.20. The van der Waals surface area contributed by atoms with Gasteiger partial charge in [-0.15, -0.1) is 0 Å². The molecular weight excluding hydrogens is 542 g/mol. The number of rotatable bonds is 4. The van der Waals surface area contributed by atoms with Crippen LogP contribution in [0, 0.1) is 11.8 Å². The molecule has 0 saturated heterocycles. The fourth-order valence-electron chi connectivity index (χ4n) is 3.15. The van der Waals surface area contributed by atoms with Crippen molar-refractivity contribution in [2.24, 2.45) is 0 Å². The van der Waals surface area contributed by atoms with E-state index in [1.54, 1.807) is 125 Å². The van der Waals surface area contributed by atoms with Gasteiger partial charge in [-0.1, -0.05) is 84.6 Å². The second-order valence-corrected chi connectivity index (χ2v) is 14.4. The van der Waals surface area contributed by atoms with Crippen LogP contribution >= 0.6 is 15.4 Å². The predicted molar refractivity (Wildman–Crippen MR) is 167 cm³/mol. The summed E-state index contributed by atoms with van der Waals surface area (Å²) in [5.41, 5.74) is -2.03. The first-order valence-electron chi connectivity index (χ1n) is 12.5. The van der Waals surface area contributed by atoms with Gasteiger partial charge in [-0.05, 0) is 76.2 Å². The minimum atomic E-state index is -3.15. The topological polar surface area (TPSA) is 121 Å². The molecule has 0 heterocycles. The molecule has 0 spiro atoms. The molecule has 4 aromatic carbocycles. The Kier molecular flexibility index (Phi) is 12.2. The lowest BCUT2D eigenvalue weighted by molar-refractivity contribution is 0.131. The highest BCUT2D eigenvalue weighted by atomic mass is 31.2. The second-order valence-electron chi connectivity index (χ2n) is 9.91. The summed E-state index contributed by atoms with van der Waals surface area (Å²) in [5, 5.41) is 20.5. The van der Waals surface area contributed by atoms with Crippen molar-refractivity contribution in [2.75, 3.05) is 0 Å². The molecule has 0 aliphatic carbocycles. The zero-order chi connectivity index (χ0) is 29.9. The lowest BCUT2D eigenvalue weighted by atomic mass is 10.1. The summed E-state index contributed by atoms with van der Waals surface area (Å²) in [7, 11) is -6.29. The Hall–Kier alpha value is -2.94. The van der Waals surface area contributed by atoms with E-state index in [2.05, 4.69) is 11.8 Å². The lowest BCUT2D eigenvalue weighted by Gasteiger charge is -2.11. The van der Waals surface area contributed by atoms with Gasteiger partial charge in [-0.2, -0.15) is 0 Å². The van der Waals surface area contributed by atoms with Crippen molar-refractivity contribution < 1.29 is 29.8 Å². The summed E-state index contributed by atoms with van der Waals surface area (Å²) in [6.07, 6.45) is 0. The summed E-state index contributed by atoms with van der Waals surface area (Å²) in [4.78, 5) is 40.5. The van der Waals surface area contributed by atoms with E-state index < -0.39 is 26.6 Å². The van der Waals surface area contributed by atoms with Crippen molar-refractivity contribution >= 4 is 36.7 Å².